The fourth-order valence-electron chi connectivity index (χ4n) is 2.46. The molecule has 0 saturated heterocycles. The molecule has 2 heterocycles. The summed E-state index contributed by atoms with van der Waals surface area (Å²) in [5, 5.41) is 5.22. The average Bonchev–Trinajstić information content (AvgIpc) is 2.96. The number of nitrogens with two attached hydrogens (primary N) is 1. The molecule has 2 aromatic heterocycles. The van der Waals surface area contributed by atoms with Gasteiger partial charge in [0.25, 0.3) is 0 Å². The van der Waals surface area contributed by atoms with E-state index in [4.69, 9.17) is 21.8 Å². The highest BCUT2D eigenvalue weighted by Crippen LogP contribution is 2.35. The number of nitrogens with zero attached hydrogens (tertiary/aromatic N) is 1. The molecule has 4 rings (SSSR count). The van der Waals surface area contributed by atoms with Crippen LogP contribution in [0.4, 0.5) is 16.6 Å². The molecule has 5 nitrogen and oxygen atoms in total. The lowest BCUT2D eigenvalue weighted by Gasteiger charge is -2.01. The predicted molar refractivity (Wildman–Crippen MR) is 103 cm³/mol. The van der Waals surface area contributed by atoms with E-state index in [1.165, 1.54) is 11.3 Å². The molecule has 0 aliphatic carbocycles. The molecule has 25 heavy (non-hydrogen) atoms. The number of nitrogen functional groups attached to an aromatic ring is 1. The third-order valence-corrected chi connectivity index (χ3v) is 4.91. The van der Waals surface area contributed by atoms with Crippen molar-refractivity contribution in [2.75, 3.05) is 11.1 Å². The maximum atomic E-state index is 12.3. The topological polar surface area (TPSA) is 81.2 Å². The Bertz CT molecular complexity index is 1120. The van der Waals surface area contributed by atoms with Gasteiger partial charge in [0.2, 0.25) is 0 Å². The Hall–Kier alpha value is -2.83. The fourth-order valence-corrected chi connectivity index (χ4v) is 3.49. The van der Waals surface area contributed by atoms with E-state index < -0.39 is 5.63 Å². The number of thiazole rings is 1. The lowest BCUT2D eigenvalue weighted by Crippen LogP contribution is -2.03. The summed E-state index contributed by atoms with van der Waals surface area (Å²) in [6, 6.07) is 16.3. The van der Waals surface area contributed by atoms with Gasteiger partial charge in [0, 0.05) is 16.1 Å². The number of fused-ring (bicyclic) bond motifs is 1. The highest BCUT2D eigenvalue weighted by Gasteiger charge is 2.16. The highest BCUT2D eigenvalue weighted by molar-refractivity contribution is 7.19. The minimum Gasteiger partial charge on any atom is -0.422 e. The Kier molecular flexibility index (Phi) is 3.91. The predicted octanol–water partition coefficient (Wildman–Crippen LogP) is 4.90. The molecule has 0 aliphatic heterocycles. The molecule has 7 heteroatoms. The van der Waals surface area contributed by atoms with Crippen LogP contribution in [0.5, 0.6) is 0 Å². The summed E-state index contributed by atoms with van der Waals surface area (Å²) in [6.45, 7) is 0. The third-order valence-electron chi connectivity index (χ3n) is 3.63. The molecule has 3 N–H and O–H groups in total. The third kappa shape index (κ3) is 3.09. The minimum atomic E-state index is -0.438. The Morgan fingerprint density at radius 3 is 2.68 bits per heavy atom. The van der Waals surface area contributed by atoms with Crippen LogP contribution < -0.4 is 16.7 Å². The van der Waals surface area contributed by atoms with E-state index in [2.05, 4.69) is 10.3 Å². The van der Waals surface area contributed by atoms with Gasteiger partial charge in [0.05, 0.1) is 10.4 Å². The van der Waals surface area contributed by atoms with E-state index in [1.807, 2.05) is 30.3 Å². The molecule has 0 amide bonds. The number of aromatic nitrogens is 1. The number of nitrogens with one attached hydrogen (secondary N) is 1. The number of anilines is 3. The van der Waals surface area contributed by atoms with Crippen LogP contribution in [0.1, 0.15) is 0 Å². The largest absolute Gasteiger partial charge is 0.422 e. The van der Waals surface area contributed by atoms with Crippen LogP contribution in [-0.2, 0) is 0 Å². The van der Waals surface area contributed by atoms with Crippen molar-refractivity contribution in [2.24, 2.45) is 0 Å². The van der Waals surface area contributed by atoms with Gasteiger partial charge in [-0.25, -0.2) is 9.78 Å². The van der Waals surface area contributed by atoms with Crippen LogP contribution >= 0.6 is 22.9 Å². The number of hydrogen-bond acceptors (Lipinski definition) is 6. The Balaban J connectivity index is 1.74. The van der Waals surface area contributed by atoms with Gasteiger partial charge in [0.1, 0.15) is 11.4 Å². The molecular weight excluding hydrogens is 358 g/mol. The van der Waals surface area contributed by atoms with Crippen molar-refractivity contribution in [2.45, 2.75) is 0 Å². The van der Waals surface area contributed by atoms with Crippen molar-refractivity contribution in [1.82, 2.24) is 4.98 Å². The van der Waals surface area contributed by atoms with E-state index in [1.54, 1.807) is 24.3 Å². The monoisotopic (exact) mass is 369 g/mol. The highest BCUT2D eigenvalue weighted by atomic mass is 35.5. The number of benzene rings is 2. The Morgan fingerprint density at radius 2 is 1.88 bits per heavy atom. The number of halogens is 1. The van der Waals surface area contributed by atoms with Gasteiger partial charge in [-0.2, -0.15) is 0 Å². The summed E-state index contributed by atoms with van der Waals surface area (Å²) < 4.78 is 5.38. The van der Waals surface area contributed by atoms with Gasteiger partial charge >= 0.3 is 5.63 Å². The second-order valence-electron chi connectivity index (χ2n) is 5.35. The molecule has 4 aromatic rings. The first-order valence-corrected chi connectivity index (χ1v) is 8.62. The van der Waals surface area contributed by atoms with E-state index in [0.29, 0.717) is 26.2 Å². The Morgan fingerprint density at radius 1 is 1.12 bits per heavy atom. The summed E-state index contributed by atoms with van der Waals surface area (Å²) in [7, 11) is 0. The van der Waals surface area contributed by atoms with E-state index in [9.17, 15) is 4.79 Å². The maximum absolute atomic E-state index is 12.3. The molecule has 2 aromatic carbocycles. The van der Waals surface area contributed by atoms with Gasteiger partial charge < -0.3 is 15.5 Å². The molecule has 0 aliphatic rings. The van der Waals surface area contributed by atoms with E-state index >= 15 is 0 Å². The van der Waals surface area contributed by atoms with Crippen molar-refractivity contribution in [3.8, 4) is 10.4 Å². The summed E-state index contributed by atoms with van der Waals surface area (Å²) >= 11 is 7.18. The zero-order chi connectivity index (χ0) is 17.4. The van der Waals surface area contributed by atoms with Crippen molar-refractivity contribution < 1.29 is 4.42 Å². The standard InChI is InChI=1S/C18H12ClN3O2S/c19-11-5-7-12(8-6-11)21-18-22-16(20)15(25-18)13-9-10-3-1-2-4-14(10)24-17(13)23/h1-9H,20H2,(H,21,22). The molecule has 0 atom stereocenters. The molecule has 0 saturated carbocycles. The molecule has 0 radical (unpaired) electrons. The maximum Gasteiger partial charge on any atom is 0.345 e. The van der Waals surface area contributed by atoms with Gasteiger partial charge in [-0.15, -0.1) is 0 Å². The second kappa shape index (κ2) is 6.23. The fraction of sp³-hybridized carbons (Fsp3) is 0. The van der Waals surface area contributed by atoms with Gasteiger partial charge in [-0.1, -0.05) is 41.1 Å². The minimum absolute atomic E-state index is 0.282. The molecule has 0 fully saturated rings. The summed E-state index contributed by atoms with van der Waals surface area (Å²) in [5.74, 6) is 0.282. The SMILES string of the molecule is Nc1nc(Nc2ccc(Cl)cc2)sc1-c1cc2ccccc2oc1=O. The second-order valence-corrected chi connectivity index (χ2v) is 6.79. The van der Waals surface area contributed by atoms with E-state index in [-0.39, 0.29) is 5.82 Å². The molecule has 0 unspecified atom stereocenters. The van der Waals surface area contributed by atoms with Gasteiger partial charge in [-0.3, -0.25) is 0 Å². The van der Waals surface area contributed by atoms with Crippen LogP contribution in [0.3, 0.4) is 0 Å². The summed E-state index contributed by atoms with van der Waals surface area (Å²) in [5.41, 5.74) is 7.35. The summed E-state index contributed by atoms with van der Waals surface area (Å²) in [4.78, 5) is 17.2. The summed E-state index contributed by atoms with van der Waals surface area (Å²) in [6.07, 6.45) is 0. The zero-order valence-electron chi connectivity index (χ0n) is 12.8. The number of para-hydroxylation sites is 1. The molecule has 124 valence electrons. The van der Waals surface area contributed by atoms with Crippen molar-refractivity contribution in [3.63, 3.8) is 0 Å². The van der Waals surface area contributed by atoms with E-state index in [0.717, 1.165) is 11.1 Å². The number of rotatable bonds is 3. The molecular formula is C18H12ClN3O2S. The first-order valence-electron chi connectivity index (χ1n) is 7.42. The average molecular weight is 370 g/mol. The van der Waals surface area contributed by atoms with Crippen LogP contribution in [0.25, 0.3) is 21.4 Å². The molecule has 0 spiro atoms. The van der Waals surface area contributed by atoms with Crippen LogP contribution in [0.15, 0.2) is 63.8 Å². The van der Waals surface area contributed by atoms with Crippen molar-refractivity contribution in [1.29, 1.82) is 0 Å². The lowest BCUT2D eigenvalue weighted by atomic mass is 10.1. The van der Waals surface area contributed by atoms with Gasteiger partial charge in [0.15, 0.2) is 5.13 Å². The number of hydrogen-bond donors (Lipinski definition) is 2. The lowest BCUT2D eigenvalue weighted by molar-refractivity contribution is 0.564. The van der Waals surface area contributed by atoms with Crippen LogP contribution in [0, 0.1) is 0 Å². The quantitative estimate of drug-likeness (QED) is 0.502. The van der Waals surface area contributed by atoms with Crippen molar-refractivity contribution in [3.05, 3.63) is 70.0 Å². The first kappa shape index (κ1) is 15.7. The van der Waals surface area contributed by atoms with Crippen molar-refractivity contribution >= 4 is 50.5 Å². The molecule has 0 bridgehead atoms. The Labute approximate surface area is 151 Å². The van der Waals surface area contributed by atoms with Crippen LogP contribution in [-0.4, -0.2) is 4.98 Å². The first-order chi connectivity index (χ1) is 12.1. The van der Waals surface area contributed by atoms with Crippen LogP contribution in [0.2, 0.25) is 5.02 Å². The normalized spacial score (nSPS) is 10.9. The van der Waals surface area contributed by atoms with Gasteiger partial charge in [-0.05, 0) is 36.4 Å². The zero-order valence-corrected chi connectivity index (χ0v) is 14.4. The smallest absolute Gasteiger partial charge is 0.345 e.